The predicted molar refractivity (Wildman–Crippen MR) is 56.9 cm³/mol. The Morgan fingerprint density at radius 3 is 2.64 bits per heavy atom. The minimum atomic E-state index is 0.252. The number of amides is 1. The zero-order valence-corrected chi connectivity index (χ0v) is 9.31. The molecule has 0 aromatic carbocycles. The molecule has 2 fully saturated rings. The van der Waals surface area contributed by atoms with Gasteiger partial charge in [-0.2, -0.15) is 0 Å². The third kappa shape index (κ3) is 1.79. The molecule has 1 aliphatic heterocycles. The fraction of sp³-hybridized carbons (Fsp3) is 0.917. The van der Waals surface area contributed by atoms with Crippen LogP contribution in [0.25, 0.3) is 0 Å². The van der Waals surface area contributed by atoms with Crippen LogP contribution in [0.4, 0.5) is 0 Å². The van der Waals surface area contributed by atoms with Crippen LogP contribution in [-0.2, 0) is 4.79 Å². The number of piperidine rings is 1. The quantitative estimate of drug-likeness (QED) is 0.631. The maximum Gasteiger partial charge on any atom is 0.220 e. The summed E-state index contributed by atoms with van der Waals surface area (Å²) in [5, 5.41) is 3.04. The van der Waals surface area contributed by atoms with Crippen LogP contribution >= 0.6 is 0 Å². The van der Waals surface area contributed by atoms with Crippen molar-refractivity contribution >= 4 is 5.91 Å². The molecular weight excluding hydrogens is 174 g/mol. The molecule has 1 saturated heterocycles. The molecule has 2 heteroatoms. The van der Waals surface area contributed by atoms with Crippen molar-refractivity contribution in [3.05, 3.63) is 0 Å². The van der Waals surface area contributed by atoms with Crippen molar-refractivity contribution in [1.29, 1.82) is 0 Å². The largest absolute Gasteiger partial charge is 0.356 e. The monoisotopic (exact) mass is 195 g/mol. The lowest BCUT2D eigenvalue weighted by Gasteiger charge is -2.45. The number of carbonyl (C=O) groups is 1. The van der Waals surface area contributed by atoms with E-state index in [4.69, 9.17) is 0 Å². The SMILES string of the molecule is CC1CCC2(CCC(=O)NC2)CC1C. The number of nitrogens with one attached hydrogen (secondary N) is 1. The number of carbonyl (C=O) groups excluding carboxylic acids is 1. The van der Waals surface area contributed by atoms with Gasteiger partial charge in [0.15, 0.2) is 0 Å². The molecule has 1 amide bonds. The van der Waals surface area contributed by atoms with Gasteiger partial charge in [0.2, 0.25) is 5.91 Å². The van der Waals surface area contributed by atoms with Crippen LogP contribution in [0.2, 0.25) is 0 Å². The molecule has 2 rings (SSSR count). The van der Waals surface area contributed by atoms with Gasteiger partial charge in [0.05, 0.1) is 0 Å². The standard InChI is InChI=1S/C12H21NO/c1-9-3-5-12(7-10(9)2)6-4-11(14)13-8-12/h9-10H,3-8H2,1-2H3,(H,13,14). The van der Waals surface area contributed by atoms with Gasteiger partial charge in [-0.15, -0.1) is 0 Å². The summed E-state index contributed by atoms with van der Waals surface area (Å²) in [4.78, 5) is 11.1. The molecule has 1 saturated carbocycles. The maximum atomic E-state index is 11.1. The van der Waals surface area contributed by atoms with Gasteiger partial charge in [-0.25, -0.2) is 0 Å². The maximum absolute atomic E-state index is 11.1. The topological polar surface area (TPSA) is 29.1 Å². The van der Waals surface area contributed by atoms with E-state index in [0.29, 0.717) is 5.41 Å². The van der Waals surface area contributed by atoms with E-state index in [2.05, 4.69) is 19.2 Å². The lowest BCUT2D eigenvalue weighted by atomic mass is 9.63. The van der Waals surface area contributed by atoms with Crippen LogP contribution in [0.5, 0.6) is 0 Å². The van der Waals surface area contributed by atoms with Crippen LogP contribution in [-0.4, -0.2) is 12.5 Å². The van der Waals surface area contributed by atoms with Crippen molar-refractivity contribution in [3.8, 4) is 0 Å². The van der Waals surface area contributed by atoms with Crippen molar-refractivity contribution in [2.24, 2.45) is 17.3 Å². The van der Waals surface area contributed by atoms with Gasteiger partial charge >= 0.3 is 0 Å². The summed E-state index contributed by atoms with van der Waals surface area (Å²) in [6, 6.07) is 0. The molecule has 2 nitrogen and oxygen atoms in total. The van der Waals surface area contributed by atoms with Gasteiger partial charge in [0.25, 0.3) is 0 Å². The fourth-order valence-corrected chi connectivity index (χ4v) is 3.03. The molecule has 1 spiro atoms. The lowest BCUT2D eigenvalue weighted by molar-refractivity contribution is -0.125. The van der Waals surface area contributed by atoms with Crippen LogP contribution in [0.3, 0.4) is 0 Å². The molecule has 2 aliphatic rings. The summed E-state index contributed by atoms with van der Waals surface area (Å²) in [6.45, 7) is 5.66. The Labute approximate surface area is 86.5 Å². The zero-order chi connectivity index (χ0) is 10.2. The van der Waals surface area contributed by atoms with E-state index in [-0.39, 0.29) is 5.91 Å². The summed E-state index contributed by atoms with van der Waals surface area (Å²) in [5.41, 5.74) is 0.458. The molecule has 3 atom stereocenters. The number of hydrogen-bond acceptors (Lipinski definition) is 1. The Morgan fingerprint density at radius 2 is 2.07 bits per heavy atom. The molecule has 3 unspecified atom stereocenters. The molecule has 0 aromatic rings. The molecule has 80 valence electrons. The fourth-order valence-electron chi connectivity index (χ4n) is 3.03. The molecule has 0 aromatic heterocycles. The van der Waals surface area contributed by atoms with E-state index in [1.807, 2.05) is 0 Å². The summed E-state index contributed by atoms with van der Waals surface area (Å²) in [6.07, 6.45) is 5.85. The third-order valence-electron chi connectivity index (χ3n) is 4.40. The van der Waals surface area contributed by atoms with Gasteiger partial charge < -0.3 is 5.32 Å². The highest BCUT2D eigenvalue weighted by Gasteiger charge is 2.39. The van der Waals surface area contributed by atoms with Crippen LogP contribution in [0, 0.1) is 17.3 Å². The van der Waals surface area contributed by atoms with E-state index in [9.17, 15) is 4.79 Å². The Balaban J connectivity index is 2.00. The second-order valence-electron chi connectivity index (χ2n) is 5.47. The molecular formula is C12H21NO. The second kappa shape index (κ2) is 3.56. The Hall–Kier alpha value is -0.530. The molecule has 0 bridgehead atoms. The highest BCUT2D eigenvalue weighted by molar-refractivity contribution is 5.76. The minimum absolute atomic E-state index is 0.252. The first kappa shape index (κ1) is 10.0. The van der Waals surface area contributed by atoms with Gasteiger partial charge in [-0.3, -0.25) is 4.79 Å². The summed E-state index contributed by atoms with van der Waals surface area (Å²) < 4.78 is 0. The van der Waals surface area contributed by atoms with E-state index in [0.717, 1.165) is 31.2 Å². The summed E-state index contributed by atoms with van der Waals surface area (Å²) >= 11 is 0. The Morgan fingerprint density at radius 1 is 1.29 bits per heavy atom. The van der Waals surface area contributed by atoms with Gasteiger partial charge in [0, 0.05) is 13.0 Å². The summed E-state index contributed by atoms with van der Waals surface area (Å²) in [7, 11) is 0. The molecule has 14 heavy (non-hydrogen) atoms. The highest BCUT2D eigenvalue weighted by Crippen LogP contribution is 2.45. The first-order valence-corrected chi connectivity index (χ1v) is 5.88. The second-order valence-corrected chi connectivity index (χ2v) is 5.47. The average Bonchev–Trinajstić information content (AvgIpc) is 2.18. The van der Waals surface area contributed by atoms with E-state index >= 15 is 0 Å². The Bertz CT molecular complexity index is 226. The number of rotatable bonds is 0. The van der Waals surface area contributed by atoms with E-state index < -0.39 is 0 Å². The Kier molecular flexibility index (Phi) is 2.54. The number of hydrogen-bond donors (Lipinski definition) is 1. The van der Waals surface area contributed by atoms with Crippen molar-refractivity contribution in [3.63, 3.8) is 0 Å². The van der Waals surface area contributed by atoms with Crippen molar-refractivity contribution in [1.82, 2.24) is 5.32 Å². The van der Waals surface area contributed by atoms with Gasteiger partial charge in [-0.05, 0) is 42.9 Å². The van der Waals surface area contributed by atoms with Crippen molar-refractivity contribution in [2.75, 3.05) is 6.54 Å². The molecule has 0 radical (unpaired) electrons. The van der Waals surface area contributed by atoms with Crippen molar-refractivity contribution in [2.45, 2.75) is 46.0 Å². The normalized spacial score (nSPS) is 43.7. The van der Waals surface area contributed by atoms with Crippen molar-refractivity contribution < 1.29 is 4.79 Å². The van der Waals surface area contributed by atoms with Crippen LogP contribution < -0.4 is 5.32 Å². The molecule has 1 aliphatic carbocycles. The smallest absolute Gasteiger partial charge is 0.220 e. The summed E-state index contributed by atoms with van der Waals surface area (Å²) in [5.74, 6) is 1.96. The van der Waals surface area contributed by atoms with Crippen LogP contribution in [0.15, 0.2) is 0 Å². The van der Waals surface area contributed by atoms with Gasteiger partial charge in [0.1, 0.15) is 0 Å². The average molecular weight is 195 g/mol. The lowest BCUT2D eigenvalue weighted by Crippen LogP contribution is -2.46. The molecule has 1 heterocycles. The first-order chi connectivity index (χ1) is 6.61. The first-order valence-electron chi connectivity index (χ1n) is 5.88. The predicted octanol–water partition coefficient (Wildman–Crippen LogP) is 2.34. The highest BCUT2D eigenvalue weighted by atomic mass is 16.1. The minimum Gasteiger partial charge on any atom is -0.356 e. The zero-order valence-electron chi connectivity index (χ0n) is 9.31. The third-order valence-corrected chi connectivity index (χ3v) is 4.40. The van der Waals surface area contributed by atoms with E-state index in [1.54, 1.807) is 0 Å². The molecule has 1 N–H and O–H groups in total. The van der Waals surface area contributed by atoms with Gasteiger partial charge in [-0.1, -0.05) is 13.8 Å². The van der Waals surface area contributed by atoms with E-state index in [1.165, 1.54) is 19.3 Å². The van der Waals surface area contributed by atoms with Crippen LogP contribution in [0.1, 0.15) is 46.0 Å².